The fourth-order valence-electron chi connectivity index (χ4n) is 2.82. The van der Waals surface area contributed by atoms with Crippen LogP contribution in [0.4, 0.5) is 0 Å². The molecule has 9 heteroatoms. The SMILES string of the molecule is C=CCn1c(=NC(=O)c2ccccc2S(C)(=O)=O)sc2cc(C(=O)OC)ccc21. The van der Waals surface area contributed by atoms with E-state index in [1.54, 1.807) is 41.0 Å². The Kier molecular flexibility index (Phi) is 5.81. The number of aromatic nitrogens is 1. The lowest BCUT2D eigenvalue weighted by Gasteiger charge is -2.04. The van der Waals surface area contributed by atoms with Crippen LogP contribution in [0.25, 0.3) is 10.2 Å². The number of allylic oxidation sites excluding steroid dienone is 1. The van der Waals surface area contributed by atoms with Crippen LogP contribution < -0.4 is 4.80 Å². The van der Waals surface area contributed by atoms with Crippen LogP contribution in [0.1, 0.15) is 20.7 Å². The number of fused-ring (bicyclic) bond motifs is 1. The van der Waals surface area contributed by atoms with Crippen molar-refractivity contribution in [3.05, 3.63) is 71.0 Å². The second kappa shape index (κ2) is 8.14. The molecule has 0 saturated heterocycles. The first-order valence-corrected chi connectivity index (χ1v) is 11.2. The number of rotatable bonds is 5. The standard InChI is InChI=1S/C20H18N2O5S2/c1-4-11-22-15-10-9-13(19(24)27-2)12-16(15)28-20(22)21-18(23)14-7-5-6-8-17(14)29(3,25)26/h4-10,12H,1,11H2,2-3H3. The summed E-state index contributed by atoms with van der Waals surface area (Å²) < 4.78 is 31.2. The highest BCUT2D eigenvalue weighted by Crippen LogP contribution is 2.21. The first kappa shape index (κ1) is 20.7. The molecule has 29 heavy (non-hydrogen) atoms. The van der Waals surface area contributed by atoms with E-state index in [0.29, 0.717) is 16.9 Å². The number of hydrogen-bond acceptors (Lipinski definition) is 6. The molecule has 0 unspecified atom stereocenters. The van der Waals surface area contributed by atoms with Gasteiger partial charge >= 0.3 is 5.97 Å². The highest BCUT2D eigenvalue weighted by Gasteiger charge is 2.18. The molecule has 0 atom stereocenters. The van der Waals surface area contributed by atoms with Gasteiger partial charge in [0.1, 0.15) is 0 Å². The van der Waals surface area contributed by atoms with E-state index in [4.69, 9.17) is 4.74 Å². The zero-order valence-corrected chi connectivity index (χ0v) is 17.4. The number of ether oxygens (including phenoxy) is 1. The van der Waals surface area contributed by atoms with Crippen molar-refractivity contribution in [2.24, 2.45) is 4.99 Å². The summed E-state index contributed by atoms with van der Waals surface area (Å²) in [6, 6.07) is 11.0. The van der Waals surface area contributed by atoms with Gasteiger partial charge in [0.15, 0.2) is 14.6 Å². The van der Waals surface area contributed by atoms with E-state index in [0.717, 1.165) is 16.5 Å². The summed E-state index contributed by atoms with van der Waals surface area (Å²) in [6.45, 7) is 4.12. The van der Waals surface area contributed by atoms with Crippen molar-refractivity contribution in [3.8, 4) is 0 Å². The van der Waals surface area contributed by atoms with Crippen LogP contribution in [0.5, 0.6) is 0 Å². The largest absolute Gasteiger partial charge is 0.465 e. The number of carbonyl (C=O) groups is 2. The van der Waals surface area contributed by atoms with Crippen LogP contribution in [0.2, 0.25) is 0 Å². The van der Waals surface area contributed by atoms with Gasteiger partial charge < -0.3 is 9.30 Å². The summed E-state index contributed by atoms with van der Waals surface area (Å²) in [5.41, 5.74) is 1.16. The molecule has 150 valence electrons. The monoisotopic (exact) mass is 430 g/mol. The topological polar surface area (TPSA) is 94.8 Å². The Morgan fingerprint density at radius 3 is 2.62 bits per heavy atom. The van der Waals surface area contributed by atoms with Crippen LogP contribution in [0.15, 0.2) is 65.0 Å². The third-order valence-electron chi connectivity index (χ3n) is 4.13. The van der Waals surface area contributed by atoms with Gasteiger partial charge in [0.2, 0.25) is 0 Å². The minimum absolute atomic E-state index is 0.00728. The second-order valence-corrected chi connectivity index (χ2v) is 9.14. The van der Waals surface area contributed by atoms with Gasteiger partial charge in [-0.25, -0.2) is 13.2 Å². The van der Waals surface area contributed by atoms with Crippen molar-refractivity contribution in [2.75, 3.05) is 13.4 Å². The molecule has 3 rings (SSSR count). The van der Waals surface area contributed by atoms with E-state index >= 15 is 0 Å². The lowest BCUT2D eigenvalue weighted by atomic mass is 10.2. The Balaban J connectivity index is 2.20. The van der Waals surface area contributed by atoms with Crippen molar-refractivity contribution in [1.29, 1.82) is 0 Å². The molecule has 0 bridgehead atoms. The number of carbonyl (C=O) groups excluding carboxylic acids is 2. The maximum Gasteiger partial charge on any atom is 0.337 e. The van der Waals surface area contributed by atoms with Gasteiger partial charge in [0.25, 0.3) is 5.91 Å². The molecule has 3 aromatic rings. The molecule has 2 aromatic carbocycles. The van der Waals surface area contributed by atoms with Crippen molar-refractivity contribution in [1.82, 2.24) is 4.57 Å². The molecule has 7 nitrogen and oxygen atoms in total. The fraction of sp³-hybridized carbons (Fsp3) is 0.150. The van der Waals surface area contributed by atoms with Crippen LogP contribution in [0.3, 0.4) is 0 Å². The van der Waals surface area contributed by atoms with E-state index in [-0.39, 0.29) is 10.5 Å². The third-order valence-corrected chi connectivity index (χ3v) is 6.33. The van der Waals surface area contributed by atoms with Crippen LogP contribution >= 0.6 is 11.3 Å². The van der Waals surface area contributed by atoms with Crippen LogP contribution in [0, 0.1) is 0 Å². The molecular weight excluding hydrogens is 412 g/mol. The van der Waals surface area contributed by atoms with E-state index in [1.807, 2.05) is 0 Å². The predicted molar refractivity (Wildman–Crippen MR) is 111 cm³/mol. The van der Waals surface area contributed by atoms with Gasteiger partial charge in [-0.15, -0.1) is 6.58 Å². The summed E-state index contributed by atoms with van der Waals surface area (Å²) in [5, 5.41) is 0. The molecule has 1 aromatic heterocycles. The number of esters is 1. The Labute approximate surface area is 171 Å². The third kappa shape index (κ3) is 4.20. The van der Waals surface area contributed by atoms with Gasteiger partial charge in [0.05, 0.1) is 33.3 Å². The quantitative estimate of drug-likeness (QED) is 0.458. The molecule has 0 aliphatic rings. The highest BCUT2D eigenvalue weighted by molar-refractivity contribution is 7.90. The summed E-state index contributed by atoms with van der Waals surface area (Å²) in [6.07, 6.45) is 2.71. The number of benzene rings is 2. The first-order chi connectivity index (χ1) is 13.8. The number of hydrogen-bond donors (Lipinski definition) is 0. The predicted octanol–water partition coefficient (Wildman–Crippen LogP) is 2.82. The van der Waals surface area contributed by atoms with Crippen LogP contribution in [-0.2, 0) is 21.1 Å². The Morgan fingerprint density at radius 2 is 1.97 bits per heavy atom. The second-order valence-electron chi connectivity index (χ2n) is 6.14. The smallest absolute Gasteiger partial charge is 0.337 e. The molecular formula is C20H18N2O5S2. The molecule has 0 radical (unpaired) electrons. The number of sulfone groups is 1. The minimum Gasteiger partial charge on any atom is -0.465 e. The van der Waals surface area contributed by atoms with Crippen LogP contribution in [-0.4, -0.2) is 38.2 Å². The number of nitrogens with zero attached hydrogens (tertiary/aromatic N) is 2. The Bertz CT molecular complexity index is 1300. The number of thiazole rings is 1. The number of methoxy groups -OCH3 is 1. The molecule has 1 amide bonds. The van der Waals surface area contributed by atoms with Crippen molar-refractivity contribution in [2.45, 2.75) is 11.4 Å². The first-order valence-electron chi connectivity index (χ1n) is 8.47. The molecule has 0 aliphatic carbocycles. The normalized spacial score (nSPS) is 12.1. The van der Waals surface area contributed by atoms with E-state index < -0.39 is 21.7 Å². The maximum atomic E-state index is 12.8. The Hall–Kier alpha value is -3.04. The van der Waals surface area contributed by atoms with Gasteiger partial charge in [-0.2, -0.15) is 4.99 Å². The van der Waals surface area contributed by atoms with Gasteiger partial charge in [0, 0.05) is 12.8 Å². The van der Waals surface area contributed by atoms with E-state index in [2.05, 4.69) is 11.6 Å². The fourth-order valence-corrected chi connectivity index (χ4v) is 4.78. The number of amides is 1. The van der Waals surface area contributed by atoms with Gasteiger partial charge in [-0.05, 0) is 30.3 Å². The van der Waals surface area contributed by atoms with Crippen molar-refractivity contribution >= 4 is 43.3 Å². The Morgan fingerprint density at radius 1 is 1.24 bits per heavy atom. The summed E-state index contributed by atoms with van der Waals surface area (Å²) >= 11 is 1.21. The zero-order chi connectivity index (χ0) is 21.2. The average Bonchev–Trinajstić information content (AvgIpc) is 3.03. The summed E-state index contributed by atoms with van der Waals surface area (Å²) in [5.74, 6) is -1.13. The summed E-state index contributed by atoms with van der Waals surface area (Å²) in [7, 11) is -2.28. The molecule has 0 spiro atoms. The van der Waals surface area contributed by atoms with E-state index in [1.165, 1.54) is 30.6 Å². The van der Waals surface area contributed by atoms with Crippen molar-refractivity contribution < 1.29 is 22.7 Å². The maximum absolute atomic E-state index is 12.8. The summed E-state index contributed by atoms with van der Waals surface area (Å²) in [4.78, 5) is 29.1. The average molecular weight is 431 g/mol. The molecule has 0 N–H and O–H groups in total. The van der Waals surface area contributed by atoms with E-state index in [9.17, 15) is 18.0 Å². The molecule has 0 fully saturated rings. The molecule has 0 saturated carbocycles. The van der Waals surface area contributed by atoms with Gasteiger partial charge in [-0.3, -0.25) is 4.79 Å². The minimum atomic E-state index is -3.59. The van der Waals surface area contributed by atoms with Crippen molar-refractivity contribution in [3.63, 3.8) is 0 Å². The lowest BCUT2D eigenvalue weighted by Crippen LogP contribution is -2.17. The highest BCUT2D eigenvalue weighted by atomic mass is 32.2. The zero-order valence-electron chi connectivity index (χ0n) is 15.8. The molecule has 0 aliphatic heterocycles. The van der Waals surface area contributed by atoms with Gasteiger partial charge in [-0.1, -0.05) is 29.5 Å². The lowest BCUT2D eigenvalue weighted by molar-refractivity contribution is 0.0600. The molecule has 1 heterocycles.